The molecule has 5 nitrogen and oxygen atoms in total. The zero-order valence-electron chi connectivity index (χ0n) is 14.1. The summed E-state index contributed by atoms with van der Waals surface area (Å²) in [7, 11) is 2.06. The van der Waals surface area contributed by atoms with Gasteiger partial charge in [-0.1, -0.05) is 36.4 Å². The van der Waals surface area contributed by atoms with Crippen molar-refractivity contribution in [2.24, 2.45) is 0 Å². The smallest absolute Gasteiger partial charge is 0.163 e. The SMILES string of the molecule is CN(CCc1ccccn1)c1nc(-c2ccccc2)nc2[nH]ccc12. The summed E-state index contributed by atoms with van der Waals surface area (Å²) >= 11 is 0. The number of nitrogens with one attached hydrogen (secondary N) is 1. The lowest BCUT2D eigenvalue weighted by Gasteiger charge is -2.19. The first-order valence-corrected chi connectivity index (χ1v) is 8.33. The summed E-state index contributed by atoms with van der Waals surface area (Å²) in [4.78, 5) is 19.3. The zero-order chi connectivity index (χ0) is 17.1. The Morgan fingerprint density at radius 1 is 0.960 bits per heavy atom. The van der Waals surface area contributed by atoms with Crippen molar-refractivity contribution in [3.05, 3.63) is 72.7 Å². The molecule has 0 aliphatic rings. The van der Waals surface area contributed by atoms with Gasteiger partial charge >= 0.3 is 0 Å². The quantitative estimate of drug-likeness (QED) is 0.606. The van der Waals surface area contributed by atoms with E-state index in [4.69, 9.17) is 4.98 Å². The summed E-state index contributed by atoms with van der Waals surface area (Å²) in [6.07, 6.45) is 4.61. The van der Waals surface area contributed by atoms with Gasteiger partial charge in [-0.05, 0) is 18.2 Å². The number of rotatable bonds is 5. The van der Waals surface area contributed by atoms with E-state index in [1.165, 1.54) is 0 Å². The minimum atomic E-state index is 0.732. The van der Waals surface area contributed by atoms with Crippen LogP contribution in [0.4, 0.5) is 5.82 Å². The Kier molecular flexibility index (Phi) is 4.12. The monoisotopic (exact) mass is 329 g/mol. The molecule has 1 aromatic carbocycles. The standard InChI is InChI=1S/C20H19N5/c1-25(14-11-16-9-5-6-12-21-16)20-17-10-13-22-19(17)23-18(24-20)15-7-3-2-4-8-15/h2-10,12-13H,11,14H2,1H3,(H,22,23,24). The number of aromatic amines is 1. The van der Waals surface area contributed by atoms with Crippen LogP contribution in [0.3, 0.4) is 0 Å². The molecule has 4 rings (SSSR count). The number of H-pyrrole nitrogens is 1. The van der Waals surface area contributed by atoms with E-state index in [2.05, 4.69) is 33.0 Å². The number of nitrogens with zero attached hydrogens (tertiary/aromatic N) is 4. The van der Waals surface area contributed by atoms with Gasteiger partial charge < -0.3 is 9.88 Å². The average Bonchev–Trinajstić information content (AvgIpc) is 3.15. The maximum Gasteiger partial charge on any atom is 0.163 e. The van der Waals surface area contributed by atoms with Gasteiger partial charge in [0.1, 0.15) is 11.5 Å². The number of anilines is 1. The molecule has 5 heteroatoms. The number of aromatic nitrogens is 4. The van der Waals surface area contributed by atoms with E-state index in [9.17, 15) is 0 Å². The second kappa shape index (κ2) is 6.73. The maximum absolute atomic E-state index is 4.83. The fraction of sp³-hybridized carbons (Fsp3) is 0.150. The Morgan fingerprint density at radius 2 is 1.80 bits per heavy atom. The number of hydrogen-bond acceptors (Lipinski definition) is 4. The van der Waals surface area contributed by atoms with Crippen LogP contribution in [-0.4, -0.2) is 33.5 Å². The van der Waals surface area contributed by atoms with E-state index in [0.717, 1.165) is 46.9 Å². The lowest BCUT2D eigenvalue weighted by atomic mass is 10.2. The normalized spacial score (nSPS) is 10.9. The van der Waals surface area contributed by atoms with Crippen LogP contribution in [0.2, 0.25) is 0 Å². The van der Waals surface area contributed by atoms with E-state index in [1.54, 1.807) is 0 Å². The van der Waals surface area contributed by atoms with Gasteiger partial charge in [-0.25, -0.2) is 9.97 Å². The van der Waals surface area contributed by atoms with Crippen molar-refractivity contribution >= 4 is 16.9 Å². The molecule has 0 radical (unpaired) electrons. The van der Waals surface area contributed by atoms with Crippen molar-refractivity contribution < 1.29 is 0 Å². The van der Waals surface area contributed by atoms with Crippen LogP contribution in [0.25, 0.3) is 22.4 Å². The lowest BCUT2D eigenvalue weighted by Crippen LogP contribution is -2.22. The van der Waals surface area contributed by atoms with Crippen molar-refractivity contribution in [3.63, 3.8) is 0 Å². The minimum Gasteiger partial charge on any atom is -0.359 e. The minimum absolute atomic E-state index is 0.732. The molecular weight excluding hydrogens is 310 g/mol. The van der Waals surface area contributed by atoms with Crippen LogP contribution in [0.1, 0.15) is 5.69 Å². The van der Waals surface area contributed by atoms with Crippen molar-refractivity contribution in [3.8, 4) is 11.4 Å². The molecule has 124 valence electrons. The zero-order valence-corrected chi connectivity index (χ0v) is 14.1. The topological polar surface area (TPSA) is 57.7 Å². The fourth-order valence-electron chi connectivity index (χ4n) is 2.87. The predicted molar refractivity (Wildman–Crippen MR) is 101 cm³/mol. The predicted octanol–water partition coefficient (Wildman–Crippen LogP) is 3.70. The molecule has 0 amide bonds. The molecule has 0 saturated carbocycles. The van der Waals surface area contributed by atoms with Crippen LogP contribution < -0.4 is 4.90 Å². The average molecular weight is 329 g/mol. The molecule has 0 fully saturated rings. The highest BCUT2D eigenvalue weighted by Crippen LogP contribution is 2.26. The summed E-state index contributed by atoms with van der Waals surface area (Å²) in [6, 6.07) is 18.1. The summed E-state index contributed by atoms with van der Waals surface area (Å²) in [5, 5.41) is 1.03. The van der Waals surface area contributed by atoms with E-state index in [0.29, 0.717) is 0 Å². The van der Waals surface area contributed by atoms with Crippen molar-refractivity contribution in [2.75, 3.05) is 18.5 Å². The first-order chi connectivity index (χ1) is 12.3. The maximum atomic E-state index is 4.83. The van der Waals surface area contributed by atoms with E-state index in [-0.39, 0.29) is 0 Å². The van der Waals surface area contributed by atoms with E-state index < -0.39 is 0 Å². The molecule has 0 atom stereocenters. The van der Waals surface area contributed by atoms with Gasteiger partial charge in [0.2, 0.25) is 0 Å². The first kappa shape index (κ1) is 15.3. The van der Waals surface area contributed by atoms with Crippen LogP contribution in [0.15, 0.2) is 67.0 Å². The molecule has 0 saturated heterocycles. The van der Waals surface area contributed by atoms with Crippen molar-refractivity contribution in [1.82, 2.24) is 19.9 Å². The second-order valence-corrected chi connectivity index (χ2v) is 5.97. The number of pyridine rings is 1. The molecule has 0 bridgehead atoms. The van der Waals surface area contributed by atoms with Gasteiger partial charge in [0.05, 0.1) is 5.39 Å². The number of fused-ring (bicyclic) bond motifs is 1. The third-order valence-electron chi connectivity index (χ3n) is 4.22. The summed E-state index contributed by atoms with van der Waals surface area (Å²) in [5.74, 6) is 1.66. The highest BCUT2D eigenvalue weighted by Gasteiger charge is 2.13. The van der Waals surface area contributed by atoms with Gasteiger partial charge in [-0.3, -0.25) is 4.98 Å². The van der Waals surface area contributed by atoms with Crippen molar-refractivity contribution in [1.29, 1.82) is 0 Å². The Labute approximate surface area is 146 Å². The largest absolute Gasteiger partial charge is 0.359 e. The van der Waals surface area contributed by atoms with Gasteiger partial charge in [0.15, 0.2) is 5.82 Å². The van der Waals surface area contributed by atoms with Crippen LogP contribution in [-0.2, 0) is 6.42 Å². The molecule has 4 aromatic rings. The summed E-state index contributed by atoms with van der Waals surface area (Å²) < 4.78 is 0. The fourth-order valence-corrected chi connectivity index (χ4v) is 2.87. The van der Waals surface area contributed by atoms with Gasteiger partial charge in [-0.15, -0.1) is 0 Å². The Morgan fingerprint density at radius 3 is 2.60 bits per heavy atom. The molecule has 0 spiro atoms. The molecular formula is C20H19N5. The van der Waals surface area contributed by atoms with Gasteiger partial charge in [-0.2, -0.15) is 0 Å². The number of benzene rings is 1. The molecule has 0 aliphatic heterocycles. The summed E-state index contributed by atoms with van der Waals surface area (Å²) in [6.45, 7) is 0.836. The molecule has 1 N–H and O–H groups in total. The Balaban J connectivity index is 1.67. The summed E-state index contributed by atoms with van der Waals surface area (Å²) in [5.41, 5.74) is 2.95. The van der Waals surface area contributed by atoms with Crippen LogP contribution in [0.5, 0.6) is 0 Å². The van der Waals surface area contributed by atoms with E-state index >= 15 is 0 Å². The van der Waals surface area contributed by atoms with E-state index in [1.807, 2.05) is 60.9 Å². The second-order valence-electron chi connectivity index (χ2n) is 5.97. The first-order valence-electron chi connectivity index (χ1n) is 8.33. The third-order valence-corrected chi connectivity index (χ3v) is 4.22. The highest BCUT2D eigenvalue weighted by molar-refractivity contribution is 5.89. The van der Waals surface area contributed by atoms with Crippen LogP contribution >= 0.6 is 0 Å². The van der Waals surface area contributed by atoms with Crippen LogP contribution in [0, 0.1) is 0 Å². The highest BCUT2D eigenvalue weighted by atomic mass is 15.2. The molecule has 25 heavy (non-hydrogen) atoms. The Hall–Kier alpha value is -3.21. The number of likely N-dealkylation sites (N-methyl/N-ethyl adjacent to an activating group) is 1. The third kappa shape index (κ3) is 3.21. The lowest BCUT2D eigenvalue weighted by molar-refractivity contribution is 0.841. The molecule has 0 aliphatic carbocycles. The van der Waals surface area contributed by atoms with Crippen molar-refractivity contribution in [2.45, 2.75) is 6.42 Å². The molecule has 3 heterocycles. The van der Waals surface area contributed by atoms with Gasteiger partial charge in [0.25, 0.3) is 0 Å². The number of hydrogen-bond donors (Lipinski definition) is 1. The molecule has 3 aromatic heterocycles. The Bertz CT molecular complexity index is 963. The van der Waals surface area contributed by atoms with Gasteiger partial charge in [0, 0.05) is 43.7 Å². The molecule has 0 unspecified atom stereocenters.